The second-order valence-electron chi connectivity index (χ2n) is 6.05. The quantitative estimate of drug-likeness (QED) is 0.608. The first-order valence-corrected chi connectivity index (χ1v) is 8.54. The van der Waals surface area contributed by atoms with Gasteiger partial charge in [0.25, 0.3) is 5.91 Å². The van der Waals surface area contributed by atoms with Crippen molar-refractivity contribution < 1.29 is 23.5 Å². The predicted molar refractivity (Wildman–Crippen MR) is 102 cm³/mol. The first kappa shape index (κ1) is 19.1. The van der Waals surface area contributed by atoms with E-state index in [0.717, 1.165) is 5.56 Å². The zero-order valence-electron chi connectivity index (χ0n) is 14.9. The third kappa shape index (κ3) is 5.17. The molecule has 28 heavy (non-hydrogen) atoms. The molecule has 0 aromatic heterocycles. The second kappa shape index (κ2) is 8.81. The molecule has 0 aliphatic rings. The Labute approximate surface area is 161 Å². The average molecular weight is 379 g/mol. The SMILES string of the molecule is NC(=O)COc1cccc(COc2ccc(C(=O)c3ccc(F)cc3)cc2)c1. The first-order valence-electron chi connectivity index (χ1n) is 8.54. The molecule has 0 spiro atoms. The van der Waals surface area contributed by atoms with Crippen LogP contribution in [0.1, 0.15) is 21.5 Å². The zero-order valence-corrected chi connectivity index (χ0v) is 14.9. The van der Waals surface area contributed by atoms with Gasteiger partial charge in [-0.1, -0.05) is 12.1 Å². The van der Waals surface area contributed by atoms with Gasteiger partial charge in [0.15, 0.2) is 12.4 Å². The number of rotatable bonds is 8. The number of carbonyl (C=O) groups excluding carboxylic acids is 2. The monoisotopic (exact) mass is 379 g/mol. The van der Waals surface area contributed by atoms with E-state index in [2.05, 4.69) is 0 Å². The highest BCUT2D eigenvalue weighted by Crippen LogP contribution is 2.19. The molecular weight excluding hydrogens is 361 g/mol. The summed E-state index contributed by atoms with van der Waals surface area (Å²) >= 11 is 0. The Balaban J connectivity index is 1.60. The molecular formula is C22H18FNO4. The summed E-state index contributed by atoms with van der Waals surface area (Å²) < 4.78 is 24.0. The Bertz CT molecular complexity index is 969. The molecule has 3 aromatic carbocycles. The van der Waals surface area contributed by atoms with E-state index in [9.17, 15) is 14.0 Å². The number of ketones is 1. The average Bonchev–Trinajstić information content (AvgIpc) is 2.71. The number of benzene rings is 3. The molecule has 2 N–H and O–H groups in total. The van der Waals surface area contributed by atoms with Crippen LogP contribution in [0.3, 0.4) is 0 Å². The van der Waals surface area contributed by atoms with Gasteiger partial charge in [0.1, 0.15) is 23.9 Å². The van der Waals surface area contributed by atoms with E-state index in [1.807, 2.05) is 6.07 Å². The molecule has 3 aromatic rings. The fourth-order valence-electron chi connectivity index (χ4n) is 2.52. The lowest BCUT2D eigenvalue weighted by molar-refractivity contribution is -0.119. The summed E-state index contributed by atoms with van der Waals surface area (Å²) in [4.78, 5) is 23.2. The summed E-state index contributed by atoms with van der Waals surface area (Å²) in [6.45, 7) is 0.104. The van der Waals surface area contributed by atoms with E-state index in [1.54, 1.807) is 42.5 Å². The van der Waals surface area contributed by atoms with Crippen molar-refractivity contribution in [1.29, 1.82) is 0 Å². The summed E-state index contributed by atoms with van der Waals surface area (Å²) in [5, 5.41) is 0. The topological polar surface area (TPSA) is 78.6 Å². The van der Waals surface area contributed by atoms with E-state index in [0.29, 0.717) is 29.2 Å². The third-order valence-electron chi connectivity index (χ3n) is 3.91. The Morgan fingerprint density at radius 1 is 0.821 bits per heavy atom. The summed E-state index contributed by atoms with van der Waals surface area (Å²) in [5.74, 6) is 0.00595. The number of ether oxygens (including phenoxy) is 2. The van der Waals surface area contributed by atoms with Gasteiger partial charge in [-0.25, -0.2) is 4.39 Å². The van der Waals surface area contributed by atoms with Crippen molar-refractivity contribution in [3.63, 3.8) is 0 Å². The molecule has 6 heteroatoms. The molecule has 0 heterocycles. The molecule has 0 atom stereocenters. The number of hydrogen-bond acceptors (Lipinski definition) is 4. The molecule has 0 radical (unpaired) electrons. The van der Waals surface area contributed by atoms with E-state index in [-0.39, 0.29) is 18.2 Å². The molecule has 0 aliphatic carbocycles. The normalized spacial score (nSPS) is 10.3. The molecule has 5 nitrogen and oxygen atoms in total. The minimum absolute atomic E-state index is 0.187. The summed E-state index contributed by atoms with van der Waals surface area (Å²) in [6.07, 6.45) is 0. The van der Waals surface area contributed by atoms with Gasteiger partial charge in [-0.05, 0) is 66.2 Å². The standard InChI is InChI=1S/C22H18FNO4/c23-18-8-4-16(5-9-18)22(26)17-6-10-19(11-7-17)27-13-15-2-1-3-20(12-15)28-14-21(24)25/h1-12H,13-14H2,(H2,24,25). The molecule has 3 rings (SSSR count). The summed E-state index contributed by atoms with van der Waals surface area (Å²) in [7, 11) is 0. The van der Waals surface area contributed by atoms with E-state index in [4.69, 9.17) is 15.2 Å². The number of nitrogens with two attached hydrogens (primary N) is 1. The van der Waals surface area contributed by atoms with Crippen molar-refractivity contribution in [2.45, 2.75) is 6.61 Å². The van der Waals surface area contributed by atoms with Crippen molar-refractivity contribution in [3.8, 4) is 11.5 Å². The van der Waals surface area contributed by atoms with Crippen LogP contribution < -0.4 is 15.2 Å². The van der Waals surface area contributed by atoms with Crippen LogP contribution in [-0.2, 0) is 11.4 Å². The van der Waals surface area contributed by atoms with Crippen LogP contribution in [0, 0.1) is 5.82 Å². The Morgan fingerprint density at radius 2 is 1.46 bits per heavy atom. The lowest BCUT2D eigenvalue weighted by Gasteiger charge is -2.09. The molecule has 0 unspecified atom stereocenters. The van der Waals surface area contributed by atoms with Gasteiger partial charge in [-0.2, -0.15) is 0 Å². The number of amides is 1. The van der Waals surface area contributed by atoms with Crippen LogP contribution in [0.15, 0.2) is 72.8 Å². The maximum absolute atomic E-state index is 13.0. The summed E-state index contributed by atoms with van der Waals surface area (Å²) in [5.41, 5.74) is 6.82. The molecule has 0 aliphatic heterocycles. The van der Waals surface area contributed by atoms with E-state index < -0.39 is 5.91 Å². The van der Waals surface area contributed by atoms with E-state index >= 15 is 0 Å². The van der Waals surface area contributed by atoms with Crippen LogP contribution in [-0.4, -0.2) is 18.3 Å². The van der Waals surface area contributed by atoms with Crippen LogP contribution in [0.4, 0.5) is 4.39 Å². The first-order chi connectivity index (χ1) is 13.5. The highest BCUT2D eigenvalue weighted by molar-refractivity contribution is 6.08. The largest absolute Gasteiger partial charge is 0.489 e. The molecule has 0 fully saturated rings. The van der Waals surface area contributed by atoms with Crippen molar-refractivity contribution in [1.82, 2.24) is 0 Å². The molecule has 142 valence electrons. The van der Waals surface area contributed by atoms with Crippen molar-refractivity contribution in [2.24, 2.45) is 5.73 Å². The van der Waals surface area contributed by atoms with Gasteiger partial charge in [0.2, 0.25) is 0 Å². The van der Waals surface area contributed by atoms with Crippen LogP contribution in [0.25, 0.3) is 0 Å². The van der Waals surface area contributed by atoms with Gasteiger partial charge >= 0.3 is 0 Å². The second-order valence-corrected chi connectivity index (χ2v) is 6.05. The Hall–Kier alpha value is -3.67. The maximum Gasteiger partial charge on any atom is 0.255 e. The number of carbonyl (C=O) groups is 2. The fraction of sp³-hybridized carbons (Fsp3) is 0.0909. The van der Waals surface area contributed by atoms with Crippen molar-refractivity contribution >= 4 is 11.7 Å². The minimum Gasteiger partial charge on any atom is -0.489 e. The van der Waals surface area contributed by atoms with Gasteiger partial charge < -0.3 is 15.2 Å². The molecule has 0 bridgehead atoms. The number of hydrogen-bond donors (Lipinski definition) is 1. The highest BCUT2D eigenvalue weighted by Gasteiger charge is 2.09. The van der Waals surface area contributed by atoms with Crippen LogP contribution in [0.2, 0.25) is 0 Å². The Morgan fingerprint density at radius 3 is 2.11 bits per heavy atom. The zero-order chi connectivity index (χ0) is 19.9. The molecule has 0 saturated carbocycles. The third-order valence-corrected chi connectivity index (χ3v) is 3.91. The Kier molecular flexibility index (Phi) is 6.01. The van der Waals surface area contributed by atoms with Crippen molar-refractivity contribution in [2.75, 3.05) is 6.61 Å². The fourth-order valence-corrected chi connectivity index (χ4v) is 2.52. The predicted octanol–water partition coefficient (Wildman–Crippen LogP) is 3.50. The van der Waals surface area contributed by atoms with E-state index in [1.165, 1.54) is 24.3 Å². The lowest BCUT2D eigenvalue weighted by atomic mass is 10.0. The van der Waals surface area contributed by atoms with Gasteiger partial charge in [0.05, 0.1) is 0 Å². The molecule has 1 amide bonds. The maximum atomic E-state index is 13.0. The van der Waals surface area contributed by atoms with Gasteiger partial charge in [0, 0.05) is 11.1 Å². The van der Waals surface area contributed by atoms with Gasteiger partial charge in [-0.15, -0.1) is 0 Å². The highest BCUT2D eigenvalue weighted by atomic mass is 19.1. The number of primary amides is 1. The minimum atomic E-state index is -0.545. The molecule has 0 saturated heterocycles. The number of halogens is 1. The summed E-state index contributed by atoms with van der Waals surface area (Å²) in [6, 6.07) is 19.3. The smallest absolute Gasteiger partial charge is 0.255 e. The van der Waals surface area contributed by atoms with Gasteiger partial charge in [-0.3, -0.25) is 9.59 Å². The lowest BCUT2D eigenvalue weighted by Crippen LogP contribution is -2.20. The van der Waals surface area contributed by atoms with Crippen molar-refractivity contribution in [3.05, 3.63) is 95.3 Å². The van der Waals surface area contributed by atoms with Crippen LogP contribution in [0.5, 0.6) is 11.5 Å². The van der Waals surface area contributed by atoms with Crippen LogP contribution >= 0.6 is 0 Å².